The molecule has 1 heterocycles. The van der Waals surface area contributed by atoms with E-state index in [-0.39, 0.29) is 6.15 Å². The molecule has 12 heavy (non-hydrogen) atoms. The van der Waals surface area contributed by atoms with Crippen LogP contribution in [-0.2, 0) is 16.0 Å². The normalized spacial score (nSPS) is 7.33. The summed E-state index contributed by atoms with van der Waals surface area (Å²) in [5.41, 5.74) is 0.789. The highest BCUT2D eigenvalue weighted by Gasteiger charge is 1.93. The van der Waals surface area contributed by atoms with E-state index >= 15 is 0 Å². The summed E-state index contributed by atoms with van der Waals surface area (Å²) < 4.78 is 0. The quantitative estimate of drug-likeness (QED) is 0.661. The fourth-order valence-electron chi connectivity index (χ4n) is 0.625. The Bertz CT molecular complexity index is 305. The largest absolute Gasteiger partial charge is 0.373 e. The van der Waals surface area contributed by atoms with Crippen molar-refractivity contribution in [3.8, 4) is 6.07 Å². The average Bonchev–Trinajstić information content (AvgIpc) is 2.53. The van der Waals surface area contributed by atoms with Crippen LogP contribution in [-0.4, -0.2) is 6.15 Å². The summed E-state index contributed by atoms with van der Waals surface area (Å²) in [6, 6.07) is 4.03. The van der Waals surface area contributed by atoms with Crippen LogP contribution < -0.4 is 0 Å². The minimum absolute atomic E-state index is 0.250. The average molecular weight is 181 g/mol. The number of hydrogen-bond donors (Lipinski definition) is 0. The number of rotatable bonds is 1. The van der Waals surface area contributed by atoms with Crippen LogP contribution in [0.1, 0.15) is 17.4 Å². The molecule has 1 rings (SSSR count). The van der Waals surface area contributed by atoms with Gasteiger partial charge in [-0.05, 0) is 12.5 Å². The van der Waals surface area contributed by atoms with E-state index in [1.54, 1.807) is 11.3 Å². The maximum Gasteiger partial charge on any atom is 0.373 e. The molecule has 0 unspecified atom stereocenters. The second-order valence-corrected chi connectivity index (χ2v) is 2.85. The summed E-state index contributed by atoms with van der Waals surface area (Å²) in [6.07, 6.45) is 1.28. The summed E-state index contributed by atoms with van der Waals surface area (Å²) in [5.74, 6) is 0. The van der Waals surface area contributed by atoms with Crippen molar-refractivity contribution in [2.75, 3.05) is 0 Å². The van der Waals surface area contributed by atoms with E-state index in [1.807, 2.05) is 11.4 Å². The highest BCUT2D eigenvalue weighted by Crippen LogP contribution is 2.13. The monoisotopic (exact) mass is 181 g/mol. The molecule has 3 nitrogen and oxygen atoms in total. The van der Waals surface area contributed by atoms with Crippen molar-refractivity contribution >= 4 is 17.5 Å². The van der Waals surface area contributed by atoms with E-state index in [9.17, 15) is 0 Å². The molecule has 0 aromatic carbocycles. The van der Waals surface area contributed by atoms with Crippen molar-refractivity contribution in [3.63, 3.8) is 0 Å². The van der Waals surface area contributed by atoms with Gasteiger partial charge in [0.15, 0.2) is 0 Å². The van der Waals surface area contributed by atoms with Gasteiger partial charge in [-0.1, -0.05) is 6.92 Å². The predicted molar refractivity (Wildman–Crippen MR) is 43.4 cm³/mol. The lowest BCUT2D eigenvalue weighted by molar-refractivity contribution is -0.191. The molecule has 0 spiro atoms. The Morgan fingerprint density at radius 3 is 2.42 bits per heavy atom. The summed E-state index contributed by atoms with van der Waals surface area (Å²) in [4.78, 5) is 17.5. The Kier molecular flexibility index (Phi) is 5.54. The molecule has 0 aliphatic heterocycles. The maximum atomic E-state index is 8.40. The Morgan fingerprint density at radius 1 is 1.58 bits per heavy atom. The molecular weight excluding hydrogens is 174 g/mol. The first-order valence-electron chi connectivity index (χ1n) is 3.25. The SMILES string of the molecule is CCc1cc(C#N)cs1.O=C=O. The van der Waals surface area contributed by atoms with Gasteiger partial charge in [0.2, 0.25) is 0 Å². The number of carbonyl (C=O) groups excluding carboxylic acids is 2. The standard InChI is InChI=1S/C7H7NS.CO2/c1-2-7-3-6(4-8)5-9-7;2-1-3/h3,5H,2H2,1H3;. The van der Waals surface area contributed by atoms with E-state index in [1.165, 1.54) is 4.88 Å². The summed E-state index contributed by atoms with van der Waals surface area (Å²) >= 11 is 1.65. The molecule has 1 aromatic rings. The van der Waals surface area contributed by atoms with Gasteiger partial charge in [-0.3, -0.25) is 0 Å². The number of nitriles is 1. The van der Waals surface area contributed by atoms with Gasteiger partial charge in [-0.15, -0.1) is 11.3 Å². The molecule has 62 valence electrons. The third-order valence-corrected chi connectivity index (χ3v) is 2.21. The van der Waals surface area contributed by atoms with E-state index in [0.29, 0.717) is 0 Å². The van der Waals surface area contributed by atoms with Gasteiger partial charge < -0.3 is 0 Å². The van der Waals surface area contributed by atoms with E-state index in [2.05, 4.69) is 13.0 Å². The van der Waals surface area contributed by atoms with Crippen LogP contribution in [0, 0.1) is 11.3 Å². The molecule has 0 radical (unpaired) electrons. The molecule has 1 aromatic heterocycles. The van der Waals surface area contributed by atoms with Crippen molar-refractivity contribution in [3.05, 3.63) is 21.9 Å². The first kappa shape index (κ1) is 10.6. The number of hydrogen-bond acceptors (Lipinski definition) is 4. The smallest absolute Gasteiger partial charge is 0.192 e. The van der Waals surface area contributed by atoms with Crippen molar-refractivity contribution in [2.45, 2.75) is 13.3 Å². The molecule has 0 atom stereocenters. The summed E-state index contributed by atoms with van der Waals surface area (Å²) in [6.45, 7) is 2.09. The van der Waals surface area contributed by atoms with Crippen molar-refractivity contribution in [1.29, 1.82) is 5.26 Å². The molecule has 0 N–H and O–H groups in total. The van der Waals surface area contributed by atoms with Gasteiger partial charge in [-0.25, -0.2) is 0 Å². The molecule has 0 aliphatic carbocycles. The number of thiophene rings is 1. The van der Waals surface area contributed by atoms with Crippen LogP contribution in [0.15, 0.2) is 11.4 Å². The fourth-order valence-corrected chi connectivity index (χ4v) is 1.39. The third-order valence-electron chi connectivity index (χ3n) is 1.13. The van der Waals surface area contributed by atoms with Gasteiger partial charge in [0, 0.05) is 10.3 Å². The van der Waals surface area contributed by atoms with Gasteiger partial charge >= 0.3 is 6.15 Å². The van der Waals surface area contributed by atoms with Crippen LogP contribution in [0.25, 0.3) is 0 Å². The lowest BCUT2D eigenvalue weighted by atomic mass is 10.3. The molecule has 0 saturated carbocycles. The molecule has 0 fully saturated rings. The summed E-state index contributed by atoms with van der Waals surface area (Å²) in [7, 11) is 0. The maximum absolute atomic E-state index is 8.40. The highest BCUT2D eigenvalue weighted by atomic mass is 32.1. The van der Waals surface area contributed by atoms with Crippen LogP contribution in [0.2, 0.25) is 0 Å². The van der Waals surface area contributed by atoms with Crippen LogP contribution in [0.4, 0.5) is 0 Å². The third kappa shape index (κ3) is 3.67. The zero-order chi connectivity index (χ0) is 9.40. The van der Waals surface area contributed by atoms with Gasteiger partial charge in [0.05, 0.1) is 11.6 Å². The minimum atomic E-state index is 0.250. The van der Waals surface area contributed by atoms with Crippen molar-refractivity contribution in [1.82, 2.24) is 0 Å². The minimum Gasteiger partial charge on any atom is -0.192 e. The van der Waals surface area contributed by atoms with Gasteiger partial charge in [0.1, 0.15) is 0 Å². The topological polar surface area (TPSA) is 57.9 Å². The Balaban J connectivity index is 0.000000354. The van der Waals surface area contributed by atoms with Crippen LogP contribution in [0.3, 0.4) is 0 Å². The van der Waals surface area contributed by atoms with Crippen molar-refractivity contribution in [2.24, 2.45) is 0 Å². The molecule has 0 amide bonds. The van der Waals surface area contributed by atoms with E-state index in [0.717, 1.165) is 12.0 Å². The zero-order valence-electron chi connectivity index (χ0n) is 6.53. The number of aryl methyl sites for hydroxylation is 1. The first-order valence-corrected chi connectivity index (χ1v) is 4.13. The zero-order valence-corrected chi connectivity index (χ0v) is 7.35. The Labute approximate surface area is 74.3 Å². The highest BCUT2D eigenvalue weighted by molar-refractivity contribution is 7.10. The van der Waals surface area contributed by atoms with E-state index in [4.69, 9.17) is 14.9 Å². The summed E-state index contributed by atoms with van der Waals surface area (Å²) in [5, 5.41) is 10.3. The molecule has 4 heteroatoms. The van der Waals surface area contributed by atoms with Gasteiger partial charge in [0.25, 0.3) is 0 Å². The predicted octanol–water partition coefficient (Wildman–Crippen LogP) is 1.60. The first-order chi connectivity index (χ1) is 5.78. The molecule has 0 aliphatic rings. The number of nitrogens with zero attached hydrogens (tertiary/aromatic N) is 1. The lowest BCUT2D eigenvalue weighted by Gasteiger charge is -1.79. The van der Waals surface area contributed by atoms with Gasteiger partial charge in [-0.2, -0.15) is 14.9 Å². The van der Waals surface area contributed by atoms with Crippen LogP contribution in [0.5, 0.6) is 0 Å². The fraction of sp³-hybridized carbons (Fsp3) is 0.250. The second-order valence-electron chi connectivity index (χ2n) is 1.85. The lowest BCUT2D eigenvalue weighted by Crippen LogP contribution is -1.66. The Hall–Kier alpha value is -1.43. The second kappa shape index (κ2) is 6.29. The molecule has 0 bridgehead atoms. The van der Waals surface area contributed by atoms with E-state index < -0.39 is 0 Å². The Morgan fingerprint density at radius 2 is 2.17 bits per heavy atom. The molecular formula is C8H7NO2S. The van der Waals surface area contributed by atoms with Crippen molar-refractivity contribution < 1.29 is 9.59 Å². The molecule has 0 saturated heterocycles. The van der Waals surface area contributed by atoms with Crippen LogP contribution >= 0.6 is 11.3 Å².